The molecule has 0 radical (unpaired) electrons. The minimum Gasteiger partial charge on any atom is -0.467 e. The molecule has 2 rings (SSSR count). The molecule has 1 N–H and O–H groups in total. The summed E-state index contributed by atoms with van der Waals surface area (Å²) in [6.07, 6.45) is -0.797. The van der Waals surface area contributed by atoms with Crippen LogP contribution in [0.1, 0.15) is 24.9 Å². The van der Waals surface area contributed by atoms with E-state index < -0.39 is 24.0 Å². The zero-order valence-corrected chi connectivity index (χ0v) is 18.0. The molecule has 0 saturated carbocycles. The summed E-state index contributed by atoms with van der Waals surface area (Å²) in [6, 6.07) is 2.54. The number of likely N-dealkylation sites (tertiary alicyclic amines) is 1. The van der Waals surface area contributed by atoms with Gasteiger partial charge < -0.3 is 29.0 Å². The number of nitrogens with zero attached hydrogens (tertiary/aromatic N) is 1. The van der Waals surface area contributed by atoms with E-state index in [4.69, 9.17) is 42.1 Å². The number of hydrogen-bond acceptors (Lipinski definition) is 6. The van der Waals surface area contributed by atoms with Crippen molar-refractivity contribution in [3.63, 3.8) is 0 Å². The smallest absolute Gasteiger partial charge is 0.407 e. The van der Waals surface area contributed by atoms with Crippen LogP contribution in [0, 0.1) is 11.8 Å². The summed E-state index contributed by atoms with van der Waals surface area (Å²) in [5.41, 5.74) is 0.446. The van der Waals surface area contributed by atoms with Gasteiger partial charge in [-0.3, -0.25) is 4.79 Å². The van der Waals surface area contributed by atoms with E-state index in [0.717, 1.165) is 0 Å². The number of benzene rings is 1. The molecular weight excluding hydrogens is 425 g/mol. The minimum atomic E-state index is -1.13. The van der Waals surface area contributed by atoms with E-state index in [-0.39, 0.29) is 42.5 Å². The van der Waals surface area contributed by atoms with Crippen molar-refractivity contribution in [1.29, 1.82) is 0 Å². The number of carbonyl (C=O) groups is 2. The van der Waals surface area contributed by atoms with Crippen LogP contribution in [0.3, 0.4) is 0 Å². The van der Waals surface area contributed by atoms with E-state index in [1.807, 2.05) is 0 Å². The van der Waals surface area contributed by atoms with Crippen molar-refractivity contribution in [1.82, 2.24) is 4.90 Å². The second-order valence-electron chi connectivity index (χ2n) is 6.58. The lowest BCUT2D eigenvalue weighted by Gasteiger charge is -2.25. The summed E-state index contributed by atoms with van der Waals surface area (Å²) in [5, 5.41) is 10.3. The summed E-state index contributed by atoms with van der Waals surface area (Å²) < 4.78 is 20.9. The molecule has 29 heavy (non-hydrogen) atoms. The fraction of sp³-hybridized carbons (Fsp3) is 0.579. The second-order valence-corrected chi connectivity index (χ2v) is 7.37. The summed E-state index contributed by atoms with van der Waals surface area (Å²) in [6.45, 7) is 2.16. The van der Waals surface area contributed by atoms with Crippen molar-refractivity contribution in [2.45, 2.75) is 19.4 Å². The first-order valence-electron chi connectivity index (χ1n) is 9.10. The number of hydrogen-bond donors (Lipinski definition) is 1. The summed E-state index contributed by atoms with van der Waals surface area (Å²) in [5.74, 6) is -0.968. The van der Waals surface area contributed by atoms with Crippen molar-refractivity contribution in [3.8, 4) is 5.75 Å². The fourth-order valence-electron chi connectivity index (χ4n) is 3.58. The monoisotopic (exact) mass is 449 g/mol. The van der Waals surface area contributed by atoms with Crippen LogP contribution in [0.2, 0.25) is 10.0 Å². The molecule has 162 valence electrons. The second kappa shape index (κ2) is 10.9. The van der Waals surface area contributed by atoms with Crippen LogP contribution in [0.4, 0.5) is 4.79 Å². The van der Waals surface area contributed by atoms with Crippen molar-refractivity contribution in [2.24, 2.45) is 11.8 Å². The molecule has 1 saturated heterocycles. The van der Waals surface area contributed by atoms with Gasteiger partial charge >= 0.3 is 12.1 Å². The third kappa shape index (κ3) is 5.45. The van der Waals surface area contributed by atoms with Crippen LogP contribution < -0.4 is 4.74 Å². The molecule has 1 aromatic carbocycles. The predicted molar refractivity (Wildman–Crippen MR) is 107 cm³/mol. The van der Waals surface area contributed by atoms with Crippen molar-refractivity contribution in [2.75, 3.05) is 40.8 Å². The Balaban J connectivity index is 2.42. The number of methoxy groups -OCH3 is 2. The Kier molecular flexibility index (Phi) is 8.82. The summed E-state index contributed by atoms with van der Waals surface area (Å²) >= 11 is 12.6. The average Bonchev–Trinajstić information content (AvgIpc) is 3.11. The number of carbonyl (C=O) groups excluding carboxylic acids is 1. The summed E-state index contributed by atoms with van der Waals surface area (Å²) in [4.78, 5) is 25.6. The molecule has 0 aliphatic carbocycles. The van der Waals surface area contributed by atoms with Crippen molar-refractivity contribution in [3.05, 3.63) is 27.7 Å². The van der Waals surface area contributed by atoms with E-state index in [9.17, 15) is 14.7 Å². The van der Waals surface area contributed by atoms with Gasteiger partial charge in [-0.15, -0.1) is 0 Å². The van der Waals surface area contributed by atoms with Gasteiger partial charge in [0.05, 0.1) is 35.2 Å². The van der Waals surface area contributed by atoms with E-state index in [2.05, 4.69) is 0 Å². The highest BCUT2D eigenvalue weighted by molar-refractivity contribution is 6.42. The molecule has 1 heterocycles. The minimum absolute atomic E-state index is 0.0384. The topological polar surface area (TPSA) is 94.5 Å². The fourth-order valence-corrected chi connectivity index (χ4v) is 4.02. The Bertz CT molecular complexity index is 731. The molecule has 1 aromatic rings. The van der Waals surface area contributed by atoms with Gasteiger partial charge in [0.1, 0.15) is 5.75 Å². The van der Waals surface area contributed by atoms with Gasteiger partial charge in [-0.25, -0.2) is 4.79 Å². The van der Waals surface area contributed by atoms with Gasteiger partial charge in [-0.1, -0.05) is 23.2 Å². The van der Waals surface area contributed by atoms with Gasteiger partial charge in [-0.2, -0.15) is 0 Å². The zero-order chi connectivity index (χ0) is 21.6. The normalized spacial score (nSPS) is 19.8. The highest BCUT2D eigenvalue weighted by Gasteiger charge is 2.44. The number of ether oxygens (including phenoxy) is 4. The molecule has 3 unspecified atom stereocenters. The van der Waals surface area contributed by atoms with E-state index in [0.29, 0.717) is 17.7 Å². The number of rotatable bonds is 9. The highest BCUT2D eigenvalue weighted by atomic mass is 35.5. The van der Waals surface area contributed by atoms with Gasteiger partial charge in [0.2, 0.25) is 0 Å². The number of amides is 1. The molecule has 1 fully saturated rings. The Morgan fingerprint density at radius 1 is 1.28 bits per heavy atom. The largest absolute Gasteiger partial charge is 0.467 e. The van der Waals surface area contributed by atoms with E-state index in [1.165, 1.54) is 19.1 Å². The third-order valence-corrected chi connectivity index (χ3v) is 5.66. The molecule has 0 bridgehead atoms. The number of halogens is 2. The SMILES string of the molecule is CCOC(=O)C(COC)C1CC(c2c(OCOC)ccc(Cl)c2Cl)N(C(=O)O)C1. The van der Waals surface area contributed by atoms with Crippen LogP contribution >= 0.6 is 23.2 Å². The third-order valence-electron chi connectivity index (χ3n) is 4.84. The Morgan fingerprint density at radius 2 is 2.00 bits per heavy atom. The number of esters is 1. The van der Waals surface area contributed by atoms with E-state index in [1.54, 1.807) is 19.1 Å². The van der Waals surface area contributed by atoms with Crippen LogP contribution in [0.25, 0.3) is 0 Å². The Morgan fingerprint density at radius 3 is 2.59 bits per heavy atom. The van der Waals surface area contributed by atoms with Gasteiger partial charge in [-0.05, 0) is 31.4 Å². The number of carboxylic acid groups (broad SMARTS) is 1. The van der Waals surface area contributed by atoms with E-state index >= 15 is 0 Å². The van der Waals surface area contributed by atoms with Gasteiger partial charge in [0, 0.05) is 26.3 Å². The first-order chi connectivity index (χ1) is 13.8. The molecule has 1 aliphatic rings. The van der Waals surface area contributed by atoms with Gasteiger partial charge in [0.15, 0.2) is 6.79 Å². The van der Waals surface area contributed by atoms with Crippen molar-refractivity contribution >= 4 is 35.3 Å². The predicted octanol–water partition coefficient (Wildman–Crippen LogP) is 3.84. The zero-order valence-electron chi connectivity index (χ0n) is 16.5. The van der Waals surface area contributed by atoms with Crippen LogP contribution in [0.5, 0.6) is 5.75 Å². The average molecular weight is 450 g/mol. The Labute approximate surface area is 179 Å². The summed E-state index contributed by atoms with van der Waals surface area (Å²) in [7, 11) is 2.96. The molecule has 1 aliphatic heterocycles. The molecular formula is C19H25Cl2NO7. The highest BCUT2D eigenvalue weighted by Crippen LogP contribution is 2.47. The first kappa shape index (κ1) is 23.5. The standard InChI is InChI=1S/C19H25Cl2NO7/c1-4-28-18(23)12(9-26-2)11-7-14(22(8-11)19(24)25)16-15(29-10-27-3)6-5-13(20)17(16)21/h5-6,11-12,14H,4,7-10H2,1-3H3,(H,24,25). The maximum absolute atomic E-state index is 12.4. The molecule has 8 nitrogen and oxygen atoms in total. The molecule has 0 aromatic heterocycles. The Hall–Kier alpha value is -1.74. The first-order valence-corrected chi connectivity index (χ1v) is 9.85. The molecule has 1 amide bonds. The molecule has 10 heteroatoms. The van der Waals surface area contributed by atoms with Crippen LogP contribution in [-0.2, 0) is 19.0 Å². The van der Waals surface area contributed by atoms with Crippen LogP contribution in [-0.4, -0.2) is 62.8 Å². The lowest BCUT2D eigenvalue weighted by atomic mass is 9.89. The quantitative estimate of drug-likeness (QED) is 0.451. The molecule has 0 spiro atoms. The maximum Gasteiger partial charge on any atom is 0.407 e. The van der Waals surface area contributed by atoms with Gasteiger partial charge in [0.25, 0.3) is 0 Å². The lowest BCUT2D eigenvalue weighted by molar-refractivity contribution is -0.152. The van der Waals surface area contributed by atoms with Crippen LogP contribution in [0.15, 0.2) is 12.1 Å². The lowest BCUT2D eigenvalue weighted by Crippen LogP contribution is -2.34. The molecule has 3 atom stereocenters. The maximum atomic E-state index is 12.4. The van der Waals surface area contributed by atoms with Crippen molar-refractivity contribution < 1.29 is 33.6 Å².